The fourth-order valence-corrected chi connectivity index (χ4v) is 4.13. The van der Waals surface area contributed by atoms with Gasteiger partial charge in [0.15, 0.2) is 0 Å². The van der Waals surface area contributed by atoms with E-state index in [-0.39, 0.29) is 16.4 Å². The normalized spacial score (nSPS) is 11.1. The number of ether oxygens (including phenoxy) is 1. The van der Waals surface area contributed by atoms with E-state index in [1.165, 1.54) is 13.2 Å². The molecular weight excluding hydrogens is 476 g/mol. The maximum Gasteiger partial charge on any atom is 0.254 e. The first-order valence-electron chi connectivity index (χ1n) is 10.3. The van der Waals surface area contributed by atoms with Gasteiger partial charge in [-0.2, -0.15) is 5.10 Å². The van der Waals surface area contributed by atoms with Crippen molar-refractivity contribution in [1.82, 2.24) is 19.6 Å². The van der Waals surface area contributed by atoms with Gasteiger partial charge in [-0.25, -0.2) is 23.3 Å². The molecule has 0 spiro atoms. The Morgan fingerprint density at radius 3 is 2.66 bits per heavy atom. The van der Waals surface area contributed by atoms with Gasteiger partial charge in [0.1, 0.15) is 28.6 Å². The van der Waals surface area contributed by atoms with Crippen LogP contribution in [-0.2, 0) is 0 Å². The van der Waals surface area contributed by atoms with E-state index in [1.807, 2.05) is 18.2 Å². The molecular formula is C25H16ClF2N5O2. The third kappa shape index (κ3) is 3.85. The van der Waals surface area contributed by atoms with Crippen molar-refractivity contribution in [3.05, 3.63) is 89.5 Å². The van der Waals surface area contributed by atoms with E-state index in [2.05, 4.69) is 9.97 Å². The van der Waals surface area contributed by atoms with E-state index in [4.69, 9.17) is 27.2 Å². The topological polar surface area (TPSA) is 95.4 Å². The summed E-state index contributed by atoms with van der Waals surface area (Å²) in [5, 5.41) is 4.78. The van der Waals surface area contributed by atoms with Gasteiger partial charge in [0.2, 0.25) is 5.28 Å². The number of carbonyl (C=O) groups excluding carboxylic acids is 1. The molecule has 174 valence electrons. The summed E-state index contributed by atoms with van der Waals surface area (Å²) >= 11 is 6.05. The quantitative estimate of drug-likeness (QED) is 0.342. The number of methoxy groups -OCH3 is 1. The van der Waals surface area contributed by atoms with E-state index in [9.17, 15) is 9.18 Å². The highest BCUT2D eigenvalue weighted by atomic mass is 35.5. The van der Waals surface area contributed by atoms with Crippen molar-refractivity contribution in [2.24, 2.45) is 5.73 Å². The number of halogens is 3. The predicted molar refractivity (Wildman–Crippen MR) is 127 cm³/mol. The number of nitrogens with two attached hydrogens (primary N) is 1. The van der Waals surface area contributed by atoms with Crippen LogP contribution in [0, 0.1) is 11.6 Å². The second-order valence-corrected chi connectivity index (χ2v) is 7.87. The number of aromatic nitrogens is 4. The molecule has 0 fully saturated rings. The van der Waals surface area contributed by atoms with Gasteiger partial charge < -0.3 is 10.5 Å². The number of hydrogen-bond donors (Lipinski definition) is 1. The second-order valence-electron chi connectivity index (χ2n) is 7.53. The summed E-state index contributed by atoms with van der Waals surface area (Å²) in [6, 6.07) is 14.6. The molecule has 0 aliphatic heterocycles. The average Bonchev–Trinajstić information content (AvgIpc) is 3.23. The molecule has 2 aromatic carbocycles. The highest BCUT2D eigenvalue weighted by Crippen LogP contribution is 2.40. The summed E-state index contributed by atoms with van der Waals surface area (Å²) in [5.74, 6) is -3.02. The third-order valence-corrected chi connectivity index (χ3v) is 5.71. The molecule has 1 amide bonds. The van der Waals surface area contributed by atoms with Crippen LogP contribution in [0.25, 0.3) is 39.2 Å². The first-order valence-corrected chi connectivity index (χ1v) is 10.7. The van der Waals surface area contributed by atoms with E-state index in [0.29, 0.717) is 28.3 Å². The summed E-state index contributed by atoms with van der Waals surface area (Å²) in [6.45, 7) is 0. The van der Waals surface area contributed by atoms with Crippen molar-refractivity contribution in [2.45, 2.75) is 0 Å². The van der Waals surface area contributed by atoms with Gasteiger partial charge in [-0.3, -0.25) is 4.79 Å². The van der Waals surface area contributed by atoms with E-state index >= 15 is 4.39 Å². The summed E-state index contributed by atoms with van der Waals surface area (Å²) < 4.78 is 36.5. The van der Waals surface area contributed by atoms with Crippen molar-refractivity contribution in [1.29, 1.82) is 0 Å². The Morgan fingerprint density at radius 1 is 1.09 bits per heavy atom. The Balaban J connectivity index is 1.78. The molecule has 10 heteroatoms. The van der Waals surface area contributed by atoms with Crippen LogP contribution in [0.5, 0.6) is 5.75 Å². The highest BCUT2D eigenvalue weighted by molar-refractivity contribution is 6.28. The van der Waals surface area contributed by atoms with Crippen LogP contribution in [0.4, 0.5) is 8.78 Å². The number of hydrogen-bond acceptors (Lipinski definition) is 5. The maximum atomic E-state index is 15.2. The Kier molecular flexibility index (Phi) is 5.62. The van der Waals surface area contributed by atoms with E-state index < -0.39 is 23.1 Å². The number of pyridine rings is 1. The molecule has 0 saturated heterocycles. The van der Waals surface area contributed by atoms with Crippen LogP contribution in [-0.4, -0.2) is 32.6 Å². The molecule has 0 radical (unpaired) electrons. The van der Waals surface area contributed by atoms with Crippen molar-refractivity contribution in [3.63, 3.8) is 0 Å². The number of primary amides is 1. The molecule has 0 aliphatic carbocycles. The SMILES string of the molecule is COc1ccc(-c2nn3ccccc3c2-c2ccnc(Cl)n2)cc1-c1ccc(F)c(C(N)=O)c1F. The molecule has 35 heavy (non-hydrogen) atoms. The minimum absolute atomic E-state index is 0.0469. The lowest BCUT2D eigenvalue weighted by Crippen LogP contribution is -2.16. The minimum atomic E-state index is -1.21. The van der Waals surface area contributed by atoms with Gasteiger partial charge in [0.25, 0.3) is 5.91 Å². The van der Waals surface area contributed by atoms with E-state index in [0.717, 1.165) is 11.6 Å². The van der Waals surface area contributed by atoms with E-state index in [1.54, 1.807) is 41.2 Å². The Labute approximate surface area is 202 Å². The summed E-state index contributed by atoms with van der Waals surface area (Å²) in [4.78, 5) is 20.0. The van der Waals surface area contributed by atoms with Crippen LogP contribution in [0.1, 0.15) is 10.4 Å². The molecule has 0 saturated carbocycles. The number of fused-ring (bicyclic) bond motifs is 1. The number of benzene rings is 2. The van der Waals surface area contributed by atoms with Gasteiger partial charge in [-0.05, 0) is 60.1 Å². The molecule has 0 unspecified atom stereocenters. The van der Waals surface area contributed by atoms with Crippen LogP contribution in [0.15, 0.2) is 67.0 Å². The van der Waals surface area contributed by atoms with Gasteiger partial charge in [0.05, 0.1) is 23.9 Å². The molecule has 0 atom stereocenters. The lowest BCUT2D eigenvalue weighted by molar-refractivity contribution is 0.0992. The minimum Gasteiger partial charge on any atom is -0.496 e. The molecule has 2 N–H and O–H groups in total. The molecule has 3 aromatic heterocycles. The Bertz CT molecular complexity index is 1620. The zero-order chi connectivity index (χ0) is 24.7. The monoisotopic (exact) mass is 491 g/mol. The van der Waals surface area contributed by atoms with Gasteiger partial charge >= 0.3 is 0 Å². The highest BCUT2D eigenvalue weighted by Gasteiger charge is 2.23. The fraction of sp³-hybridized carbons (Fsp3) is 0.0400. The van der Waals surface area contributed by atoms with Crippen molar-refractivity contribution < 1.29 is 18.3 Å². The predicted octanol–water partition coefficient (Wildman–Crippen LogP) is 5.16. The number of amides is 1. The van der Waals surface area contributed by atoms with Crippen LogP contribution in [0.3, 0.4) is 0 Å². The average molecular weight is 492 g/mol. The molecule has 0 bridgehead atoms. The summed E-state index contributed by atoms with van der Waals surface area (Å²) in [7, 11) is 1.42. The summed E-state index contributed by atoms with van der Waals surface area (Å²) in [6.07, 6.45) is 3.33. The number of nitrogens with zero attached hydrogens (tertiary/aromatic N) is 4. The lowest BCUT2D eigenvalue weighted by Gasteiger charge is -2.13. The Morgan fingerprint density at radius 2 is 1.91 bits per heavy atom. The van der Waals surface area contributed by atoms with Crippen molar-refractivity contribution in [3.8, 4) is 39.4 Å². The first-order chi connectivity index (χ1) is 16.9. The molecule has 3 heterocycles. The van der Waals surface area contributed by atoms with Crippen molar-refractivity contribution >= 4 is 23.0 Å². The van der Waals surface area contributed by atoms with Crippen LogP contribution in [0.2, 0.25) is 5.28 Å². The molecule has 5 rings (SSSR count). The molecule has 7 nitrogen and oxygen atoms in total. The van der Waals surface area contributed by atoms with Crippen molar-refractivity contribution in [2.75, 3.05) is 7.11 Å². The van der Waals surface area contributed by atoms with Gasteiger partial charge in [-0.15, -0.1) is 0 Å². The van der Waals surface area contributed by atoms with Gasteiger partial charge in [-0.1, -0.05) is 6.07 Å². The zero-order valence-electron chi connectivity index (χ0n) is 18.2. The molecule has 5 aromatic rings. The Hall–Kier alpha value is -4.37. The third-order valence-electron chi connectivity index (χ3n) is 5.52. The fourth-order valence-electron chi connectivity index (χ4n) is 3.98. The number of carbonyl (C=O) groups is 1. The van der Waals surface area contributed by atoms with Crippen LogP contribution < -0.4 is 10.5 Å². The van der Waals surface area contributed by atoms with Gasteiger partial charge in [0, 0.05) is 29.1 Å². The number of rotatable bonds is 5. The first kappa shape index (κ1) is 22.4. The standard InChI is InChI=1S/C25H16ClF2N5O2/c1-35-19-8-5-13(12-15(19)14-6-7-16(27)20(22(14)28)24(29)34)23-21(17-9-10-30-25(26)31-17)18-4-2-3-11-33(18)32-23/h2-12H,1H3,(H2,29,34). The second kappa shape index (κ2) is 8.77. The molecule has 0 aliphatic rings. The smallest absolute Gasteiger partial charge is 0.254 e. The van der Waals surface area contributed by atoms with Crippen LogP contribution >= 0.6 is 11.6 Å². The zero-order valence-corrected chi connectivity index (χ0v) is 18.9. The lowest BCUT2D eigenvalue weighted by atomic mass is 9.96. The largest absolute Gasteiger partial charge is 0.496 e. The summed E-state index contributed by atoms with van der Waals surface area (Å²) in [5.41, 5.74) is 7.75. The maximum absolute atomic E-state index is 15.2.